The van der Waals surface area contributed by atoms with E-state index in [9.17, 15) is 0 Å². The number of halogens is 1. The first-order chi connectivity index (χ1) is 7.15. The molecule has 0 aliphatic heterocycles. The zero-order valence-corrected chi connectivity index (χ0v) is 12.1. The number of hydrogen-bond acceptors (Lipinski definition) is 1. The first-order valence-corrected chi connectivity index (χ1v) is 7.56. The molecule has 15 heavy (non-hydrogen) atoms. The Morgan fingerprint density at radius 1 is 1.33 bits per heavy atom. The van der Waals surface area contributed by atoms with E-state index in [0.717, 1.165) is 5.92 Å². The highest BCUT2D eigenvalue weighted by Crippen LogP contribution is 2.43. The van der Waals surface area contributed by atoms with Crippen LogP contribution in [-0.4, -0.2) is 29.9 Å². The molecule has 0 aromatic carbocycles. The van der Waals surface area contributed by atoms with Gasteiger partial charge in [0.15, 0.2) is 0 Å². The molecule has 0 aromatic rings. The predicted octanol–water partition coefficient (Wildman–Crippen LogP) is 3.92. The van der Waals surface area contributed by atoms with E-state index < -0.39 is 0 Å². The fraction of sp³-hybridized carbons (Fsp3) is 1.00. The third kappa shape index (κ3) is 3.74. The van der Waals surface area contributed by atoms with Crippen LogP contribution in [0.15, 0.2) is 0 Å². The first kappa shape index (κ1) is 13.5. The Kier molecular flexibility index (Phi) is 5.62. The molecule has 1 saturated carbocycles. The molecule has 1 aliphatic carbocycles. The maximum Gasteiger partial charge on any atom is 0.0100 e. The molecule has 0 saturated heterocycles. The van der Waals surface area contributed by atoms with Gasteiger partial charge in [-0.1, -0.05) is 49.5 Å². The van der Waals surface area contributed by atoms with Crippen LogP contribution in [0.3, 0.4) is 0 Å². The summed E-state index contributed by atoms with van der Waals surface area (Å²) in [5, 5.41) is 1.19. The van der Waals surface area contributed by atoms with E-state index in [0.29, 0.717) is 5.41 Å². The van der Waals surface area contributed by atoms with Crippen LogP contribution in [0.4, 0.5) is 0 Å². The molecule has 0 heterocycles. The number of alkyl halides is 1. The van der Waals surface area contributed by atoms with Gasteiger partial charge in [0.25, 0.3) is 0 Å². The Morgan fingerprint density at radius 3 is 2.33 bits per heavy atom. The summed E-state index contributed by atoms with van der Waals surface area (Å²) in [5.41, 5.74) is 0.615. The van der Waals surface area contributed by atoms with Crippen molar-refractivity contribution >= 4 is 15.9 Å². The highest BCUT2D eigenvalue weighted by Gasteiger charge is 2.37. The van der Waals surface area contributed by atoms with Gasteiger partial charge in [0.05, 0.1) is 0 Å². The molecular formula is C13H26BrN. The quantitative estimate of drug-likeness (QED) is 0.637. The van der Waals surface area contributed by atoms with Crippen LogP contribution in [0.25, 0.3) is 0 Å². The third-order valence-corrected chi connectivity index (χ3v) is 5.16. The summed E-state index contributed by atoms with van der Waals surface area (Å²) in [6, 6.07) is 0. The zero-order chi connectivity index (χ0) is 11.3. The molecule has 1 nitrogen and oxygen atoms in total. The fourth-order valence-corrected chi connectivity index (χ4v) is 3.10. The van der Waals surface area contributed by atoms with Crippen molar-refractivity contribution in [2.45, 2.75) is 46.5 Å². The molecule has 0 N–H and O–H groups in total. The summed E-state index contributed by atoms with van der Waals surface area (Å²) >= 11 is 3.70. The van der Waals surface area contributed by atoms with Gasteiger partial charge in [-0.25, -0.2) is 0 Å². The molecule has 0 spiro atoms. The average Bonchev–Trinajstić information content (AvgIpc) is 2.21. The normalized spacial score (nSPS) is 21.4. The second kappa shape index (κ2) is 6.24. The minimum Gasteiger partial charge on any atom is -0.303 e. The van der Waals surface area contributed by atoms with Crippen LogP contribution < -0.4 is 0 Å². The van der Waals surface area contributed by atoms with E-state index in [2.05, 4.69) is 41.6 Å². The van der Waals surface area contributed by atoms with E-state index >= 15 is 0 Å². The standard InChI is InChI=1S/C13H26BrN/c1-4-12(3)9-15(5-2)11-13(10-14)7-6-8-13/h12H,4-11H2,1-3H3. The molecule has 1 atom stereocenters. The summed E-state index contributed by atoms with van der Waals surface area (Å²) in [6.07, 6.45) is 5.59. The second-order valence-corrected chi connectivity index (χ2v) is 5.89. The topological polar surface area (TPSA) is 3.24 Å². The van der Waals surface area contributed by atoms with E-state index in [4.69, 9.17) is 0 Å². The van der Waals surface area contributed by atoms with Gasteiger partial charge in [0, 0.05) is 18.4 Å². The molecule has 90 valence electrons. The third-order valence-electron chi connectivity index (χ3n) is 3.97. The van der Waals surface area contributed by atoms with Crippen LogP contribution in [0.2, 0.25) is 0 Å². The van der Waals surface area contributed by atoms with Gasteiger partial charge in [-0.3, -0.25) is 0 Å². The monoisotopic (exact) mass is 275 g/mol. The van der Waals surface area contributed by atoms with Crippen molar-refractivity contribution in [2.24, 2.45) is 11.3 Å². The smallest absolute Gasteiger partial charge is 0.0100 e. The van der Waals surface area contributed by atoms with Crippen molar-refractivity contribution in [3.63, 3.8) is 0 Å². The average molecular weight is 276 g/mol. The van der Waals surface area contributed by atoms with Crippen molar-refractivity contribution in [2.75, 3.05) is 25.0 Å². The van der Waals surface area contributed by atoms with Crippen molar-refractivity contribution in [1.82, 2.24) is 4.90 Å². The molecular weight excluding hydrogens is 250 g/mol. The molecule has 1 rings (SSSR count). The minimum atomic E-state index is 0.615. The molecule has 1 aliphatic rings. The van der Waals surface area contributed by atoms with Gasteiger partial charge >= 0.3 is 0 Å². The highest BCUT2D eigenvalue weighted by atomic mass is 79.9. The Morgan fingerprint density at radius 2 is 2.00 bits per heavy atom. The van der Waals surface area contributed by atoms with Crippen LogP contribution in [0.1, 0.15) is 46.5 Å². The van der Waals surface area contributed by atoms with E-state index in [1.807, 2.05) is 0 Å². The summed E-state index contributed by atoms with van der Waals surface area (Å²) in [4.78, 5) is 2.65. The maximum atomic E-state index is 3.70. The van der Waals surface area contributed by atoms with Crippen molar-refractivity contribution in [3.05, 3.63) is 0 Å². The molecule has 1 unspecified atom stereocenters. The van der Waals surface area contributed by atoms with Crippen molar-refractivity contribution in [1.29, 1.82) is 0 Å². The van der Waals surface area contributed by atoms with Crippen LogP contribution >= 0.6 is 15.9 Å². The Balaban J connectivity index is 2.38. The molecule has 0 amide bonds. The lowest BCUT2D eigenvalue weighted by Crippen LogP contribution is -2.44. The molecule has 0 aromatic heterocycles. The van der Waals surface area contributed by atoms with Crippen molar-refractivity contribution < 1.29 is 0 Å². The molecule has 0 bridgehead atoms. The lowest BCUT2D eigenvalue weighted by Gasteiger charge is -2.44. The molecule has 2 heteroatoms. The molecule has 0 radical (unpaired) electrons. The van der Waals surface area contributed by atoms with Gasteiger partial charge in [0.2, 0.25) is 0 Å². The predicted molar refractivity (Wildman–Crippen MR) is 71.6 cm³/mol. The van der Waals surface area contributed by atoms with Crippen LogP contribution in [0, 0.1) is 11.3 Å². The van der Waals surface area contributed by atoms with Crippen LogP contribution in [0.5, 0.6) is 0 Å². The first-order valence-electron chi connectivity index (χ1n) is 6.44. The van der Waals surface area contributed by atoms with Crippen molar-refractivity contribution in [3.8, 4) is 0 Å². The second-order valence-electron chi connectivity index (χ2n) is 5.33. The Labute approximate surface area is 104 Å². The van der Waals surface area contributed by atoms with Gasteiger partial charge < -0.3 is 4.90 Å². The van der Waals surface area contributed by atoms with Crippen LogP contribution in [-0.2, 0) is 0 Å². The SMILES string of the molecule is CCC(C)CN(CC)CC1(CBr)CCC1. The number of nitrogens with zero attached hydrogens (tertiary/aromatic N) is 1. The minimum absolute atomic E-state index is 0.615. The summed E-state index contributed by atoms with van der Waals surface area (Å²) < 4.78 is 0. The van der Waals surface area contributed by atoms with Gasteiger partial charge in [-0.2, -0.15) is 0 Å². The lowest BCUT2D eigenvalue weighted by molar-refractivity contribution is 0.0856. The molecule has 1 fully saturated rings. The highest BCUT2D eigenvalue weighted by molar-refractivity contribution is 9.09. The zero-order valence-electron chi connectivity index (χ0n) is 10.6. The van der Waals surface area contributed by atoms with Gasteiger partial charge in [-0.05, 0) is 30.7 Å². The van der Waals surface area contributed by atoms with E-state index in [1.54, 1.807) is 0 Å². The van der Waals surface area contributed by atoms with E-state index in [1.165, 1.54) is 50.6 Å². The fourth-order valence-electron chi connectivity index (χ4n) is 2.36. The Bertz CT molecular complexity index is 172. The summed E-state index contributed by atoms with van der Waals surface area (Å²) in [7, 11) is 0. The lowest BCUT2D eigenvalue weighted by atomic mass is 9.70. The Hall–Kier alpha value is 0.440. The number of rotatable bonds is 7. The summed E-state index contributed by atoms with van der Waals surface area (Å²) in [6.45, 7) is 10.7. The largest absolute Gasteiger partial charge is 0.303 e. The maximum absolute atomic E-state index is 3.70. The van der Waals surface area contributed by atoms with E-state index in [-0.39, 0.29) is 0 Å². The number of hydrogen-bond donors (Lipinski definition) is 0. The van der Waals surface area contributed by atoms with Gasteiger partial charge in [0.1, 0.15) is 0 Å². The summed E-state index contributed by atoms with van der Waals surface area (Å²) in [5.74, 6) is 0.845. The van der Waals surface area contributed by atoms with Gasteiger partial charge in [-0.15, -0.1) is 0 Å².